The number of hydrogen-bond donors (Lipinski definition) is 2. The van der Waals surface area contributed by atoms with Crippen molar-refractivity contribution in [1.82, 2.24) is 20.5 Å². The summed E-state index contributed by atoms with van der Waals surface area (Å²) >= 11 is 0.955. The van der Waals surface area contributed by atoms with E-state index in [1.165, 1.54) is 10.5 Å². The number of nitrogens with one attached hydrogen (secondary N) is 2. The summed E-state index contributed by atoms with van der Waals surface area (Å²) in [5.41, 5.74) is 5.09. The molecule has 2 heterocycles. The second-order valence-corrected chi connectivity index (χ2v) is 10.9. The van der Waals surface area contributed by atoms with Gasteiger partial charge in [0.25, 0.3) is 22.7 Å². The van der Waals surface area contributed by atoms with Gasteiger partial charge in [-0.3, -0.25) is 19.3 Å². The molecule has 0 aliphatic carbocycles. The molecule has 43 heavy (non-hydrogen) atoms. The van der Waals surface area contributed by atoms with E-state index >= 15 is 0 Å². The number of fused-ring (bicyclic) bond motifs is 1. The van der Waals surface area contributed by atoms with Gasteiger partial charge in [-0.2, -0.15) is 0 Å². The first-order valence-electron chi connectivity index (χ1n) is 14.1. The highest BCUT2D eigenvalue weighted by Crippen LogP contribution is 2.33. The van der Waals surface area contributed by atoms with Crippen LogP contribution in [0.4, 0.5) is 21.9 Å². The summed E-state index contributed by atoms with van der Waals surface area (Å²) < 4.78 is 5.67. The summed E-state index contributed by atoms with van der Waals surface area (Å²) in [4.78, 5) is 51.6. The number of rotatable bonds is 12. The first-order chi connectivity index (χ1) is 20.9. The number of unbranched alkanes of at least 4 members (excludes halogenated alkanes) is 1. The minimum atomic E-state index is -0.280. The van der Waals surface area contributed by atoms with E-state index in [-0.39, 0.29) is 23.6 Å². The quantitative estimate of drug-likeness (QED) is 0.111. The van der Waals surface area contributed by atoms with E-state index in [9.17, 15) is 19.3 Å². The summed E-state index contributed by atoms with van der Waals surface area (Å²) in [7, 11) is 0. The molecular formula is C31H31N6O5S+. The van der Waals surface area contributed by atoms with Crippen LogP contribution in [0.2, 0.25) is 0 Å². The van der Waals surface area contributed by atoms with Crippen molar-refractivity contribution in [2.45, 2.75) is 33.1 Å². The molecule has 3 aromatic carbocycles. The van der Waals surface area contributed by atoms with Gasteiger partial charge in [-0.25, -0.2) is 4.63 Å². The highest BCUT2D eigenvalue weighted by atomic mass is 32.2. The van der Waals surface area contributed by atoms with E-state index < -0.39 is 0 Å². The molecule has 0 unspecified atom stereocenters. The summed E-state index contributed by atoms with van der Waals surface area (Å²) in [5, 5.41) is 13.6. The summed E-state index contributed by atoms with van der Waals surface area (Å²) in [6, 6.07) is 18.2. The minimum absolute atomic E-state index is 0.225. The monoisotopic (exact) mass is 599 g/mol. The molecule has 2 N–H and O–H groups in total. The molecule has 0 bridgehead atoms. The van der Waals surface area contributed by atoms with Crippen LogP contribution in [0, 0.1) is 4.91 Å². The number of imide groups is 1. The Morgan fingerprint density at radius 3 is 2.44 bits per heavy atom. The van der Waals surface area contributed by atoms with Crippen molar-refractivity contribution in [2.24, 2.45) is 0 Å². The van der Waals surface area contributed by atoms with Gasteiger partial charge in [-0.05, 0) is 95.8 Å². The third-order valence-electron chi connectivity index (χ3n) is 7.03. The van der Waals surface area contributed by atoms with Crippen molar-refractivity contribution in [3.05, 3.63) is 87.2 Å². The Morgan fingerprint density at radius 2 is 1.72 bits per heavy atom. The maximum absolute atomic E-state index is 12.8. The number of anilines is 2. The molecule has 1 saturated heterocycles. The van der Waals surface area contributed by atoms with Gasteiger partial charge in [0.05, 0.1) is 10.6 Å². The number of amides is 3. The van der Waals surface area contributed by atoms with E-state index in [1.807, 2.05) is 24.3 Å². The molecule has 0 spiro atoms. The molecule has 1 fully saturated rings. The molecule has 11 nitrogen and oxygen atoms in total. The molecule has 0 saturated carbocycles. The predicted molar refractivity (Wildman–Crippen MR) is 165 cm³/mol. The van der Waals surface area contributed by atoms with Gasteiger partial charge in [-0.15, -0.1) is 0 Å². The molecule has 1 aliphatic heterocycles. The lowest BCUT2D eigenvalue weighted by Crippen LogP contribution is -2.30. The van der Waals surface area contributed by atoms with Crippen LogP contribution >= 0.6 is 11.8 Å². The largest absolute Gasteiger partial charge is 0.354 e. The second-order valence-electron chi connectivity index (χ2n) is 9.88. The smallest absolute Gasteiger partial charge is 0.293 e. The van der Waals surface area contributed by atoms with Gasteiger partial charge < -0.3 is 10.6 Å². The Kier molecular flexibility index (Phi) is 9.26. The predicted octanol–water partition coefficient (Wildman–Crippen LogP) is 6.21. The van der Waals surface area contributed by atoms with Crippen LogP contribution in [0.15, 0.2) is 70.2 Å². The third kappa shape index (κ3) is 6.81. The standard InChI is InChI=1S/C31H30N6O5S/c1-3-20-7-9-21(10-8-20)19-26-30(39)36(31(40)43-26)18-6-5-17-32-29(38)22-11-13-23(14-12-22)33-24-15-16-25(37(41)4-2)28-27(24)34-42-35-28/h7-16,19H,3-6,17-18H2,1-2H3,(H-,32,33,35,38,41)/p+1. The van der Waals surface area contributed by atoms with Crippen molar-refractivity contribution in [3.8, 4) is 0 Å². The summed E-state index contributed by atoms with van der Waals surface area (Å²) in [5.74, 6) is -0.505. The topological polar surface area (TPSA) is 138 Å². The van der Waals surface area contributed by atoms with Crippen LogP contribution in [0.3, 0.4) is 0 Å². The fourth-order valence-corrected chi connectivity index (χ4v) is 5.44. The van der Waals surface area contributed by atoms with E-state index in [0.717, 1.165) is 28.5 Å². The zero-order chi connectivity index (χ0) is 30.3. The van der Waals surface area contributed by atoms with Crippen LogP contribution < -0.4 is 10.6 Å². The van der Waals surface area contributed by atoms with Gasteiger partial charge >= 0.3 is 0 Å². The van der Waals surface area contributed by atoms with E-state index in [1.54, 1.807) is 49.4 Å². The number of aryl methyl sites for hydroxylation is 1. The lowest BCUT2D eigenvalue weighted by atomic mass is 10.1. The third-order valence-corrected chi connectivity index (χ3v) is 7.94. The Balaban J connectivity index is 1.08. The Morgan fingerprint density at radius 1 is 0.977 bits per heavy atom. The van der Waals surface area contributed by atoms with Crippen molar-refractivity contribution in [1.29, 1.82) is 0 Å². The van der Waals surface area contributed by atoms with Gasteiger partial charge in [0, 0.05) is 40.1 Å². The van der Waals surface area contributed by atoms with Crippen molar-refractivity contribution >= 4 is 63.0 Å². The van der Waals surface area contributed by atoms with Crippen molar-refractivity contribution < 1.29 is 23.8 Å². The molecule has 5 rings (SSSR count). The minimum Gasteiger partial charge on any atom is -0.354 e. The van der Waals surface area contributed by atoms with Gasteiger partial charge in [-0.1, -0.05) is 31.2 Å². The normalized spacial score (nSPS) is 14.1. The van der Waals surface area contributed by atoms with Crippen molar-refractivity contribution in [2.75, 3.05) is 25.0 Å². The maximum Gasteiger partial charge on any atom is 0.293 e. The van der Waals surface area contributed by atoms with Gasteiger partial charge in [0.2, 0.25) is 5.52 Å². The van der Waals surface area contributed by atoms with Gasteiger partial charge in [0.15, 0.2) is 12.1 Å². The number of carbonyl (C=O) groups is 3. The average Bonchev–Trinajstić information content (AvgIpc) is 3.62. The number of hydrogen-bond acceptors (Lipinski definition) is 9. The zero-order valence-corrected chi connectivity index (χ0v) is 24.6. The Bertz CT molecular complexity index is 1700. The van der Waals surface area contributed by atoms with Crippen LogP contribution in [-0.4, -0.2) is 56.7 Å². The van der Waals surface area contributed by atoms with Crippen LogP contribution in [0.1, 0.15) is 48.2 Å². The maximum atomic E-state index is 12.8. The first-order valence-corrected chi connectivity index (χ1v) is 14.9. The fraction of sp³-hybridized carbons (Fsp3) is 0.258. The number of thioether (sulfide) groups is 1. The second kappa shape index (κ2) is 13.4. The molecule has 1 aliphatic rings. The zero-order valence-electron chi connectivity index (χ0n) is 23.8. The van der Waals surface area contributed by atoms with Crippen LogP contribution in [0.5, 0.6) is 0 Å². The van der Waals surface area contributed by atoms with Crippen molar-refractivity contribution in [3.63, 3.8) is 0 Å². The molecule has 4 aromatic rings. The lowest BCUT2D eigenvalue weighted by Gasteiger charge is -2.12. The molecule has 220 valence electrons. The number of benzene rings is 3. The SMILES string of the molecule is CCc1ccc(C=C2SC(=O)N(CCCCNC(=O)c3ccc(Nc4ccc([N+](=O)CC)c5nonc45)cc3)C2=O)cc1. The van der Waals surface area contributed by atoms with Crippen LogP contribution in [-0.2, 0) is 11.2 Å². The first kappa shape index (κ1) is 29.6. The number of carbonyl (C=O) groups excluding carboxylic acids is 3. The molecule has 3 amide bonds. The summed E-state index contributed by atoms with van der Waals surface area (Å²) in [6.07, 6.45) is 3.88. The van der Waals surface area contributed by atoms with Crippen LogP contribution in [0.25, 0.3) is 17.1 Å². The van der Waals surface area contributed by atoms with E-state index in [4.69, 9.17) is 4.63 Å². The fourth-order valence-electron chi connectivity index (χ4n) is 4.58. The van der Waals surface area contributed by atoms with Gasteiger partial charge in [0.1, 0.15) is 0 Å². The number of nitroso groups, excluding NO2 is 1. The summed E-state index contributed by atoms with van der Waals surface area (Å²) in [6.45, 7) is 4.80. The van der Waals surface area contributed by atoms with E-state index in [0.29, 0.717) is 64.5 Å². The molecule has 0 radical (unpaired) electrons. The average molecular weight is 600 g/mol. The Hall–Kier alpha value is -4.84. The highest BCUT2D eigenvalue weighted by Gasteiger charge is 2.34. The number of nitrogens with zero attached hydrogens (tertiary/aromatic N) is 4. The number of aromatic nitrogens is 2. The van der Waals surface area contributed by atoms with E-state index in [2.05, 4.69) is 27.9 Å². The molecule has 1 aromatic heterocycles. The highest BCUT2D eigenvalue weighted by molar-refractivity contribution is 8.18. The molecule has 12 heteroatoms. The lowest BCUT2D eigenvalue weighted by molar-refractivity contribution is -0.457. The Labute approximate surface area is 252 Å². The molecule has 0 atom stereocenters. The molecular weight excluding hydrogens is 568 g/mol.